The second-order valence-corrected chi connectivity index (χ2v) is 7.02. The molecule has 0 aliphatic rings. The molecule has 0 aromatic rings. The van der Waals surface area contributed by atoms with E-state index in [1.54, 1.807) is 13.8 Å². The summed E-state index contributed by atoms with van der Waals surface area (Å²) in [4.78, 5) is 33.5. The maximum atomic E-state index is 12.2. The molecule has 0 bridgehead atoms. The van der Waals surface area contributed by atoms with Crippen LogP contribution < -0.4 is 11.1 Å². The number of rotatable bonds is 14. The van der Waals surface area contributed by atoms with Crippen molar-refractivity contribution in [3.05, 3.63) is 0 Å². The summed E-state index contributed by atoms with van der Waals surface area (Å²) in [7, 11) is 0. The van der Waals surface area contributed by atoms with Gasteiger partial charge in [0.15, 0.2) is 0 Å². The van der Waals surface area contributed by atoms with E-state index >= 15 is 0 Å². The molecule has 0 heterocycles. The molecule has 0 aliphatic heterocycles. The molecule has 7 heteroatoms. The number of hydrogen-bond acceptors (Lipinski definition) is 6. The van der Waals surface area contributed by atoms with Crippen molar-refractivity contribution in [3.8, 4) is 0 Å². The number of ether oxygens (including phenoxy) is 2. The zero-order valence-corrected chi connectivity index (χ0v) is 15.3. The summed E-state index contributed by atoms with van der Waals surface area (Å²) < 4.78 is 11.1. The Morgan fingerprint density at radius 3 is 2.38 bits per heavy atom. The van der Waals surface area contributed by atoms with Crippen LogP contribution in [0.3, 0.4) is 0 Å². The summed E-state index contributed by atoms with van der Waals surface area (Å²) in [6.45, 7) is 9.12. The largest absolute Gasteiger partial charge is 0.379 e. The van der Waals surface area contributed by atoms with Crippen molar-refractivity contribution in [1.82, 2.24) is 5.32 Å². The SMILES string of the molecule is CC(C)(CN)OCCOCCC(C)(C)C(=O)NC(C=O)CCC=O. The summed E-state index contributed by atoms with van der Waals surface area (Å²) >= 11 is 0. The molecule has 1 amide bonds. The Morgan fingerprint density at radius 2 is 1.83 bits per heavy atom. The number of nitrogens with one attached hydrogen (secondary N) is 1. The van der Waals surface area contributed by atoms with E-state index in [0.717, 1.165) is 6.29 Å². The first kappa shape index (κ1) is 22.7. The third-order valence-corrected chi connectivity index (χ3v) is 3.77. The molecule has 0 aromatic carbocycles. The van der Waals surface area contributed by atoms with E-state index in [-0.39, 0.29) is 17.9 Å². The molecule has 0 aliphatic carbocycles. The molecule has 140 valence electrons. The fourth-order valence-corrected chi connectivity index (χ4v) is 1.76. The Morgan fingerprint density at radius 1 is 1.17 bits per heavy atom. The fraction of sp³-hybridized carbons (Fsp3) is 0.824. The van der Waals surface area contributed by atoms with Crippen LogP contribution in [0.25, 0.3) is 0 Å². The summed E-state index contributed by atoms with van der Waals surface area (Å²) in [5.41, 5.74) is 4.53. The molecule has 3 N–H and O–H groups in total. The van der Waals surface area contributed by atoms with Gasteiger partial charge in [0, 0.05) is 25.0 Å². The second-order valence-electron chi connectivity index (χ2n) is 7.02. The van der Waals surface area contributed by atoms with E-state index in [0.29, 0.717) is 45.5 Å². The van der Waals surface area contributed by atoms with Crippen molar-refractivity contribution in [2.75, 3.05) is 26.4 Å². The molecular formula is C17H32N2O5. The van der Waals surface area contributed by atoms with Crippen LogP contribution in [-0.4, -0.2) is 56.5 Å². The monoisotopic (exact) mass is 344 g/mol. The van der Waals surface area contributed by atoms with Gasteiger partial charge in [-0.2, -0.15) is 0 Å². The summed E-state index contributed by atoms with van der Waals surface area (Å²) in [5.74, 6) is -0.227. The molecule has 24 heavy (non-hydrogen) atoms. The highest BCUT2D eigenvalue weighted by atomic mass is 16.5. The molecule has 0 saturated carbocycles. The lowest BCUT2D eigenvalue weighted by atomic mass is 9.88. The van der Waals surface area contributed by atoms with Crippen LogP contribution >= 0.6 is 0 Å². The number of nitrogens with two attached hydrogens (primary N) is 1. The Kier molecular flexibility index (Phi) is 10.7. The molecule has 0 saturated heterocycles. The van der Waals surface area contributed by atoms with E-state index in [2.05, 4.69) is 5.32 Å². The zero-order valence-electron chi connectivity index (χ0n) is 15.3. The second kappa shape index (κ2) is 11.3. The van der Waals surface area contributed by atoms with Gasteiger partial charge in [0.1, 0.15) is 12.6 Å². The minimum atomic E-state index is -0.667. The van der Waals surface area contributed by atoms with Gasteiger partial charge in [0.05, 0.1) is 24.9 Å². The Labute approximate surface area is 144 Å². The minimum Gasteiger partial charge on any atom is -0.379 e. The van der Waals surface area contributed by atoms with Crippen LogP contribution in [0.5, 0.6) is 0 Å². The highest BCUT2D eigenvalue weighted by molar-refractivity contribution is 5.84. The van der Waals surface area contributed by atoms with Crippen molar-refractivity contribution >= 4 is 18.5 Å². The maximum absolute atomic E-state index is 12.2. The average Bonchev–Trinajstić information content (AvgIpc) is 2.54. The Balaban J connectivity index is 4.08. The van der Waals surface area contributed by atoms with Gasteiger partial charge in [-0.25, -0.2) is 0 Å². The van der Waals surface area contributed by atoms with E-state index in [9.17, 15) is 14.4 Å². The number of carbonyl (C=O) groups is 3. The topological polar surface area (TPSA) is 108 Å². The number of aldehydes is 2. The molecule has 1 unspecified atom stereocenters. The summed E-state index contributed by atoms with van der Waals surface area (Å²) in [6, 6.07) is -0.630. The van der Waals surface area contributed by atoms with Crippen LogP contribution in [0.1, 0.15) is 47.0 Å². The first-order valence-electron chi connectivity index (χ1n) is 8.30. The molecule has 0 fully saturated rings. The lowest BCUT2D eigenvalue weighted by Gasteiger charge is -2.26. The molecule has 0 radical (unpaired) electrons. The van der Waals surface area contributed by atoms with Gasteiger partial charge in [0.2, 0.25) is 5.91 Å². The van der Waals surface area contributed by atoms with Gasteiger partial charge in [0.25, 0.3) is 0 Å². The molecule has 0 rings (SSSR count). The van der Waals surface area contributed by atoms with Gasteiger partial charge in [-0.1, -0.05) is 13.8 Å². The molecule has 0 aromatic heterocycles. The standard InChI is InChI=1S/C17H32N2O5/c1-16(2,15(22)19-14(12-21)6-5-8-20)7-9-23-10-11-24-17(3,4)13-18/h8,12,14H,5-7,9-11,13,18H2,1-4H3,(H,19,22). The van der Waals surface area contributed by atoms with Gasteiger partial charge in [-0.15, -0.1) is 0 Å². The summed E-state index contributed by atoms with van der Waals surface area (Å²) in [5, 5.41) is 2.66. The third-order valence-electron chi connectivity index (χ3n) is 3.77. The number of carbonyl (C=O) groups excluding carboxylic acids is 3. The van der Waals surface area contributed by atoms with Gasteiger partial charge < -0.3 is 30.1 Å². The van der Waals surface area contributed by atoms with Gasteiger partial charge in [-0.3, -0.25) is 4.79 Å². The fourth-order valence-electron chi connectivity index (χ4n) is 1.76. The van der Waals surface area contributed by atoms with Crippen LogP contribution in [0.15, 0.2) is 0 Å². The van der Waals surface area contributed by atoms with Crippen LogP contribution in [-0.2, 0) is 23.9 Å². The van der Waals surface area contributed by atoms with E-state index in [1.165, 1.54) is 0 Å². The quantitative estimate of drug-likeness (QED) is 0.357. The maximum Gasteiger partial charge on any atom is 0.226 e. The van der Waals surface area contributed by atoms with Crippen molar-refractivity contribution in [2.24, 2.45) is 11.1 Å². The number of amides is 1. The molecule has 7 nitrogen and oxygen atoms in total. The van der Waals surface area contributed by atoms with E-state index < -0.39 is 11.5 Å². The molecule has 0 spiro atoms. The van der Waals surface area contributed by atoms with Crippen LogP contribution in [0.2, 0.25) is 0 Å². The van der Waals surface area contributed by atoms with E-state index in [1.807, 2.05) is 13.8 Å². The lowest BCUT2D eigenvalue weighted by Crippen LogP contribution is -2.44. The third kappa shape index (κ3) is 9.75. The predicted molar refractivity (Wildman–Crippen MR) is 91.6 cm³/mol. The van der Waals surface area contributed by atoms with Gasteiger partial charge in [-0.05, 0) is 26.7 Å². The van der Waals surface area contributed by atoms with E-state index in [4.69, 9.17) is 15.2 Å². The van der Waals surface area contributed by atoms with Crippen molar-refractivity contribution in [2.45, 2.75) is 58.6 Å². The molecular weight excluding hydrogens is 312 g/mol. The number of hydrogen-bond donors (Lipinski definition) is 2. The molecule has 1 atom stereocenters. The first-order chi connectivity index (χ1) is 11.2. The lowest BCUT2D eigenvalue weighted by molar-refractivity contribution is -0.132. The minimum absolute atomic E-state index is 0.227. The highest BCUT2D eigenvalue weighted by Crippen LogP contribution is 2.21. The predicted octanol–water partition coefficient (Wildman–Crippen LogP) is 0.836. The van der Waals surface area contributed by atoms with Crippen molar-refractivity contribution in [3.63, 3.8) is 0 Å². The smallest absolute Gasteiger partial charge is 0.226 e. The first-order valence-corrected chi connectivity index (χ1v) is 8.30. The highest BCUT2D eigenvalue weighted by Gasteiger charge is 2.29. The zero-order chi connectivity index (χ0) is 18.6. The van der Waals surface area contributed by atoms with Gasteiger partial charge >= 0.3 is 0 Å². The van der Waals surface area contributed by atoms with Crippen LogP contribution in [0.4, 0.5) is 0 Å². The Hall–Kier alpha value is -1.31. The Bertz CT molecular complexity index is 396. The average molecular weight is 344 g/mol. The van der Waals surface area contributed by atoms with Crippen LogP contribution in [0, 0.1) is 5.41 Å². The van der Waals surface area contributed by atoms with Crippen molar-refractivity contribution < 1.29 is 23.9 Å². The summed E-state index contributed by atoms with van der Waals surface area (Å²) in [6.07, 6.45) is 2.46. The van der Waals surface area contributed by atoms with Crippen molar-refractivity contribution in [1.29, 1.82) is 0 Å². The normalized spacial score (nSPS) is 13.4.